The molecule has 1 amide bonds. The van der Waals surface area contributed by atoms with Gasteiger partial charge in [0, 0.05) is 49.8 Å². The molecule has 2 aromatic rings. The number of nitrogens with zero attached hydrogens (tertiary/aromatic N) is 4. The molecule has 1 aromatic heterocycles. The fourth-order valence-corrected chi connectivity index (χ4v) is 4.11. The number of ether oxygens (including phenoxy) is 1. The van der Waals surface area contributed by atoms with Crippen molar-refractivity contribution in [2.24, 2.45) is 7.05 Å². The molecule has 1 N–H and O–H groups in total. The highest BCUT2D eigenvalue weighted by atomic mass is 35.5. The predicted molar refractivity (Wildman–Crippen MR) is 93.6 cm³/mol. The highest BCUT2D eigenvalue weighted by Gasteiger charge is 2.49. The third-order valence-corrected chi connectivity index (χ3v) is 5.24. The van der Waals surface area contributed by atoms with E-state index in [4.69, 9.17) is 16.3 Å². The number of hydrogen-bond acceptors (Lipinski definition) is 5. The predicted octanol–water partition coefficient (Wildman–Crippen LogP) is 2.76. The van der Waals surface area contributed by atoms with Crippen LogP contribution in [-0.4, -0.2) is 34.2 Å². The number of hydrogen-bond donors (Lipinski definition) is 1. The molecule has 0 radical (unpaired) electrons. The molecule has 3 atom stereocenters. The first kappa shape index (κ1) is 16.4. The van der Waals surface area contributed by atoms with Crippen molar-refractivity contribution in [3.05, 3.63) is 40.7 Å². The van der Waals surface area contributed by atoms with Crippen molar-refractivity contribution in [1.82, 2.24) is 20.3 Å². The van der Waals surface area contributed by atoms with Gasteiger partial charge in [-0.15, -0.1) is 5.10 Å². The molecular formula is C17H20ClN5O2. The minimum absolute atomic E-state index is 0.0443. The van der Waals surface area contributed by atoms with Crippen molar-refractivity contribution in [2.45, 2.75) is 37.5 Å². The molecule has 0 bridgehead atoms. The van der Waals surface area contributed by atoms with Gasteiger partial charge in [-0.3, -0.25) is 9.58 Å². The van der Waals surface area contributed by atoms with Crippen molar-refractivity contribution >= 4 is 23.4 Å². The molecule has 1 fully saturated rings. The summed E-state index contributed by atoms with van der Waals surface area (Å²) in [5, 5.41) is 12.4. The fourth-order valence-electron chi connectivity index (χ4n) is 3.94. The van der Waals surface area contributed by atoms with Gasteiger partial charge in [-0.25, -0.2) is 4.79 Å². The Labute approximate surface area is 150 Å². The maximum Gasteiger partial charge on any atom is 0.414 e. The number of amides is 1. The molecule has 3 heterocycles. The van der Waals surface area contributed by atoms with E-state index in [1.165, 1.54) is 4.90 Å². The Hall–Kier alpha value is -2.12. The summed E-state index contributed by atoms with van der Waals surface area (Å²) in [5.74, 6) is 0. The number of carbonyl (C=O) groups excluding carboxylic acids is 1. The van der Waals surface area contributed by atoms with E-state index in [2.05, 4.69) is 22.6 Å². The second-order valence-corrected chi connectivity index (χ2v) is 7.36. The van der Waals surface area contributed by atoms with Crippen molar-refractivity contribution in [1.29, 1.82) is 0 Å². The van der Waals surface area contributed by atoms with Gasteiger partial charge in [0.05, 0.1) is 17.4 Å². The fraction of sp³-hybridized carbons (Fsp3) is 0.471. The van der Waals surface area contributed by atoms with Crippen LogP contribution in [0, 0.1) is 0 Å². The number of rotatable bonds is 1. The molecule has 1 aromatic carbocycles. The number of anilines is 1. The zero-order valence-corrected chi connectivity index (χ0v) is 15.1. The lowest BCUT2D eigenvalue weighted by molar-refractivity contribution is -0.0401. The van der Waals surface area contributed by atoms with Crippen LogP contribution in [0.25, 0.3) is 0 Å². The Kier molecular flexibility index (Phi) is 3.73. The van der Waals surface area contributed by atoms with E-state index in [1.807, 2.05) is 31.4 Å². The topological polar surface area (TPSA) is 72.3 Å². The number of benzene rings is 1. The Morgan fingerprint density at radius 3 is 2.88 bits per heavy atom. The van der Waals surface area contributed by atoms with Crippen LogP contribution < -0.4 is 10.2 Å². The molecule has 0 aliphatic carbocycles. The molecular weight excluding hydrogens is 342 g/mol. The zero-order valence-electron chi connectivity index (χ0n) is 14.4. The number of aromatic nitrogens is 3. The molecule has 132 valence electrons. The number of halogens is 1. The Balaban J connectivity index is 1.80. The van der Waals surface area contributed by atoms with Crippen molar-refractivity contribution < 1.29 is 9.53 Å². The van der Waals surface area contributed by atoms with E-state index in [9.17, 15) is 4.79 Å². The highest BCUT2D eigenvalue weighted by molar-refractivity contribution is 6.31. The van der Waals surface area contributed by atoms with Crippen LogP contribution in [0.2, 0.25) is 5.02 Å². The normalized spacial score (nSPS) is 28.8. The number of piperidine rings is 1. The molecule has 8 heteroatoms. The molecule has 25 heavy (non-hydrogen) atoms. The lowest BCUT2D eigenvalue weighted by Crippen LogP contribution is -2.53. The summed E-state index contributed by atoms with van der Waals surface area (Å²) in [6, 6.07) is 5.74. The van der Waals surface area contributed by atoms with Gasteiger partial charge in [-0.2, -0.15) is 0 Å². The smallest absolute Gasteiger partial charge is 0.414 e. The summed E-state index contributed by atoms with van der Waals surface area (Å²) < 4.78 is 7.65. The lowest BCUT2D eigenvalue weighted by atomic mass is 9.76. The quantitative estimate of drug-likeness (QED) is 0.845. The Morgan fingerprint density at radius 2 is 2.16 bits per heavy atom. The minimum atomic E-state index is -0.698. The Morgan fingerprint density at radius 1 is 1.36 bits per heavy atom. The summed E-state index contributed by atoms with van der Waals surface area (Å²) in [6.07, 6.45) is 2.83. The average molecular weight is 362 g/mol. The van der Waals surface area contributed by atoms with Crippen LogP contribution in [-0.2, 0) is 17.4 Å². The highest BCUT2D eigenvalue weighted by Crippen LogP contribution is 2.49. The van der Waals surface area contributed by atoms with Gasteiger partial charge in [-0.05, 0) is 19.1 Å². The number of nitrogens with one attached hydrogen (secondary N) is 1. The third-order valence-electron chi connectivity index (χ3n) is 5.00. The van der Waals surface area contributed by atoms with Crippen molar-refractivity contribution in [3.63, 3.8) is 0 Å². The molecule has 2 aliphatic heterocycles. The van der Waals surface area contributed by atoms with Gasteiger partial charge < -0.3 is 10.1 Å². The maximum absolute atomic E-state index is 12.5. The van der Waals surface area contributed by atoms with Crippen molar-refractivity contribution in [2.75, 3.05) is 11.9 Å². The van der Waals surface area contributed by atoms with Crippen LogP contribution in [0.1, 0.15) is 37.1 Å². The number of fused-ring (bicyclic) bond motifs is 2. The number of carbonyl (C=O) groups is 1. The van der Waals surface area contributed by atoms with Crippen LogP contribution in [0.4, 0.5) is 10.5 Å². The summed E-state index contributed by atoms with van der Waals surface area (Å²) in [5.41, 5.74) is 1.94. The van der Waals surface area contributed by atoms with Gasteiger partial charge >= 0.3 is 6.09 Å². The van der Waals surface area contributed by atoms with Gasteiger partial charge in [0.15, 0.2) is 0 Å². The van der Waals surface area contributed by atoms with Gasteiger partial charge in [0.25, 0.3) is 0 Å². The molecule has 7 nitrogen and oxygen atoms in total. The second-order valence-electron chi connectivity index (χ2n) is 6.93. The summed E-state index contributed by atoms with van der Waals surface area (Å²) in [6.45, 7) is 2.09. The molecule has 1 saturated heterocycles. The largest absolute Gasteiger partial charge is 0.437 e. The third kappa shape index (κ3) is 2.67. The average Bonchev–Trinajstić information content (AvgIpc) is 2.99. The molecule has 1 spiro atoms. The molecule has 0 saturated carbocycles. The van der Waals surface area contributed by atoms with E-state index in [0.717, 1.165) is 16.9 Å². The van der Waals surface area contributed by atoms with Gasteiger partial charge in [-0.1, -0.05) is 22.9 Å². The van der Waals surface area contributed by atoms with E-state index >= 15 is 0 Å². The second kappa shape index (κ2) is 5.71. The Bertz CT molecular complexity index is 838. The van der Waals surface area contributed by atoms with Crippen LogP contribution >= 0.6 is 11.6 Å². The standard InChI is InChI=1S/C17H20ClN5O2/c1-10-7-17(8-13(19-10)14-9-22(2)21-20-14)12-5-4-11(18)6-15(12)23(3)16(24)25-17/h4-6,9-10,13,19H,7-8H2,1-3H3/t10-,13-,17?/m0/s1. The van der Waals surface area contributed by atoms with Crippen LogP contribution in [0.5, 0.6) is 0 Å². The first-order chi connectivity index (χ1) is 11.9. The van der Waals surface area contributed by atoms with Crippen LogP contribution in [0.15, 0.2) is 24.4 Å². The first-order valence-corrected chi connectivity index (χ1v) is 8.65. The lowest BCUT2D eigenvalue weighted by Gasteiger charge is -2.47. The van der Waals surface area contributed by atoms with Crippen molar-refractivity contribution in [3.8, 4) is 0 Å². The van der Waals surface area contributed by atoms with Gasteiger partial charge in [0.1, 0.15) is 5.60 Å². The first-order valence-electron chi connectivity index (χ1n) is 8.27. The molecule has 4 rings (SSSR count). The summed E-state index contributed by atoms with van der Waals surface area (Å²) in [7, 11) is 3.54. The molecule has 1 unspecified atom stereocenters. The summed E-state index contributed by atoms with van der Waals surface area (Å²) >= 11 is 6.16. The number of aryl methyl sites for hydroxylation is 1. The zero-order chi connectivity index (χ0) is 17.8. The monoisotopic (exact) mass is 361 g/mol. The van der Waals surface area contributed by atoms with E-state index in [-0.39, 0.29) is 18.2 Å². The minimum Gasteiger partial charge on any atom is -0.437 e. The van der Waals surface area contributed by atoms with Crippen LogP contribution in [0.3, 0.4) is 0 Å². The summed E-state index contributed by atoms with van der Waals surface area (Å²) in [4.78, 5) is 14.0. The van der Waals surface area contributed by atoms with Gasteiger partial charge in [0.2, 0.25) is 0 Å². The van der Waals surface area contributed by atoms with E-state index in [0.29, 0.717) is 17.9 Å². The SMILES string of the molecule is C[C@H]1CC2(C[C@@H](c3cn(C)nn3)N1)OC(=O)N(C)c1cc(Cl)ccc12. The van der Waals surface area contributed by atoms with E-state index in [1.54, 1.807) is 11.7 Å². The maximum atomic E-state index is 12.5. The van der Waals surface area contributed by atoms with E-state index < -0.39 is 5.60 Å². The molecule has 2 aliphatic rings.